The van der Waals surface area contributed by atoms with E-state index >= 15 is 0 Å². The summed E-state index contributed by atoms with van der Waals surface area (Å²) >= 11 is 0. The summed E-state index contributed by atoms with van der Waals surface area (Å²) in [5.74, 6) is -5.37. The monoisotopic (exact) mass is 269 g/mol. The predicted molar refractivity (Wildman–Crippen MR) is 60.7 cm³/mol. The summed E-state index contributed by atoms with van der Waals surface area (Å²) in [6, 6.07) is 5.53. The van der Waals surface area contributed by atoms with E-state index in [0.29, 0.717) is 6.07 Å². The van der Waals surface area contributed by atoms with Gasteiger partial charge in [-0.3, -0.25) is 4.79 Å². The van der Waals surface area contributed by atoms with Crippen molar-refractivity contribution in [3.05, 3.63) is 65.2 Å². The summed E-state index contributed by atoms with van der Waals surface area (Å²) in [6.45, 7) is 0. The van der Waals surface area contributed by atoms with Crippen LogP contribution < -0.4 is 5.32 Å². The fraction of sp³-hybridized carbons (Fsp3) is 0. The molecule has 1 N–H and O–H groups in total. The molecular weight excluding hydrogens is 262 g/mol. The first-order valence-corrected chi connectivity index (χ1v) is 5.19. The highest BCUT2D eigenvalue weighted by atomic mass is 19.2. The maximum absolute atomic E-state index is 13.3. The van der Waals surface area contributed by atoms with Crippen LogP contribution >= 0.6 is 0 Å². The Morgan fingerprint density at radius 1 is 0.947 bits per heavy atom. The Kier molecular flexibility index (Phi) is 3.50. The van der Waals surface area contributed by atoms with Gasteiger partial charge in [-0.15, -0.1) is 0 Å². The second-order valence-electron chi connectivity index (χ2n) is 3.68. The SMILES string of the molecule is O=C(Nc1ccc(F)cc1F)c1cccc(F)c1F. The van der Waals surface area contributed by atoms with Gasteiger partial charge in [0.1, 0.15) is 11.6 Å². The number of nitrogens with one attached hydrogen (secondary N) is 1. The average molecular weight is 269 g/mol. The summed E-state index contributed by atoms with van der Waals surface area (Å²) in [6.07, 6.45) is 0. The Bertz CT molecular complexity index is 643. The van der Waals surface area contributed by atoms with Crippen molar-refractivity contribution in [3.8, 4) is 0 Å². The van der Waals surface area contributed by atoms with E-state index in [9.17, 15) is 22.4 Å². The predicted octanol–water partition coefficient (Wildman–Crippen LogP) is 3.50. The standard InChI is InChI=1S/C13H7F4NO/c14-7-4-5-11(10(16)6-7)18-13(19)8-2-1-3-9(15)12(8)17/h1-6H,(H,18,19). The highest BCUT2D eigenvalue weighted by Gasteiger charge is 2.16. The third kappa shape index (κ3) is 2.73. The highest BCUT2D eigenvalue weighted by molar-refractivity contribution is 6.04. The first-order valence-electron chi connectivity index (χ1n) is 5.19. The van der Waals surface area contributed by atoms with E-state index in [1.54, 1.807) is 0 Å². The topological polar surface area (TPSA) is 29.1 Å². The van der Waals surface area contributed by atoms with Crippen molar-refractivity contribution in [3.63, 3.8) is 0 Å². The number of carbonyl (C=O) groups excluding carboxylic acids is 1. The third-order valence-electron chi connectivity index (χ3n) is 2.38. The molecule has 2 aromatic carbocycles. The molecule has 19 heavy (non-hydrogen) atoms. The van der Waals surface area contributed by atoms with Crippen LogP contribution in [0, 0.1) is 23.3 Å². The Morgan fingerprint density at radius 2 is 1.68 bits per heavy atom. The number of hydrogen-bond donors (Lipinski definition) is 1. The lowest BCUT2D eigenvalue weighted by molar-refractivity contribution is 0.102. The lowest BCUT2D eigenvalue weighted by Gasteiger charge is -2.07. The molecule has 0 bridgehead atoms. The van der Waals surface area contributed by atoms with Gasteiger partial charge in [-0.1, -0.05) is 6.07 Å². The zero-order valence-electron chi connectivity index (χ0n) is 9.38. The molecule has 6 heteroatoms. The van der Waals surface area contributed by atoms with E-state index in [-0.39, 0.29) is 5.69 Å². The molecule has 0 heterocycles. The first-order chi connectivity index (χ1) is 8.99. The lowest BCUT2D eigenvalue weighted by atomic mass is 10.2. The Hall–Kier alpha value is -2.37. The Balaban J connectivity index is 2.28. The molecule has 1 amide bonds. The third-order valence-corrected chi connectivity index (χ3v) is 2.38. The van der Waals surface area contributed by atoms with Crippen molar-refractivity contribution < 1.29 is 22.4 Å². The summed E-state index contributed by atoms with van der Waals surface area (Å²) in [5, 5.41) is 2.03. The van der Waals surface area contributed by atoms with Gasteiger partial charge in [0.2, 0.25) is 0 Å². The van der Waals surface area contributed by atoms with Gasteiger partial charge in [-0.2, -0.15) is 0 Å². The molecule has 0 saturated carbocycles. The van der Waals surface area contributed by atoms with Crippen LogP contribution in [0.25, 0.3) is 0 Å². The number of hydrogen-bond acceptors (Lipinski definition) is 1. The van der Waals surface area contributed by atoms with Crippen molar-refractivity contribution in [2.45, 2.75) is 0 Å². The van der Waals surface area contributed by atoms with Crippen molar-refractivity contribution in [1.29, 1.82) is 0 Å². The normalized spacial score (nSPS) is 10.3. The average Bonchev–Trinajstić information content (AvgIpc) is 2.36. The highest BCUT2D eigenvalue weighted by Crippen LogP contribution is 2.18. The summed E-state index contributed by atoms with van der Waals surface area (Å²) in [5.41, 5.74) is -0.890. The van der Waals surface area contributed by atoms with E-state index in [1.165, 1.54) is 0 Å². The van der Waals surface area contributed by atoms with Crippen molar-refractivity contribution in [1.82, 2.24) is 0 Å². The number of carbonyl (C=O) groups is 1. The molecule has 0 fully saturated rings. The van der Waals surface area contributed by atoms with E-state index in [1.807, 2.05) is 5.32 Å². The van der Waals surface area contributed by atoms with Crippen LogP contribution in [0.15, 0.2) is 36.4 Å². The van der Waals surface area contributed by atoms with Crippen LogP contribution in [0.5, 0.6) is 0 Å². The molecule has 0 aliphatic carbocycles. The molecular formula is C13H7F4NO. The number of halogens is 4. The minimum atomic E-state index is -1.33. The minimum Gasteiger partial charge on any atom is -0.319 e. The van der Waals surface area contributed by atoms with E-state index in [0.717, 1.165) is 30.3 Å². The number of anilines is 1. The lowest BCUT2D eigenvalue weighted by Crippen LogP contribution is -2.15. The van der Waals surface area contributed by atoms with Crippen molar-refractivity contribution >= 4 is 11.6 Å². The minimum absolute atomic E-state index is 0.324. The van der Waals surface area contributed by atoms with Gasteiger partial charge in [0.25, 0.3) is 5.91 Å². The molecule has 0 atom stereocenters. The molecule has 2 rings (SSSR count). The zero-order chi connectivity index (χ0) is 14.0. The quantitative estimate of drug-likeness (QED) is 0.831. The van der Waals surface area contributed by atoms with Crippen molar-refractivity contribution in [2.75, 3.05) is 5.32 Å². The van der Waals surface area contributed by atoms with Gasteiger partial charge in [0.15, 0.2) is 11.6 Å². The summed E-state index contributed by atoms with van der Waals surface area (Å²) < 4.78 is 52.2. The van der Waals surface area contributed by atoms with E-state index in [4.69, 9.17) is 0 Å². The molecule has 0 unspecified atom stereocenters. The Labute approximate surface area is 105 Å². The molecule has 0 saturated heterocycles. The Morgan fingerprint density at radius 3 is 2.37 bits per heavy atom. The molecule has 0 spiro atoms. The van der Waals surface area contributed by atoms with Gasteiger partial charge >= 0.3 is 0 Å². The second kappa shape index (κ2) is 5.09. The molecule has 2 aromatic rings. The molecule has 98 valence electrons. The maximum atomic E-state index is 13.3. The van der Waals surface area contributed by atoms with Crippen LogP contribution in [0.1, 0.15) is 10.4 Å². The summed E-state index contributed by atoms with van der Waals surface area (Å²) in [7, 11) is 0. The van der Waals surface area contributed by atoms with Gasteiger partial charge in [0.05, 0.1) is 11.3 Å². The van der Waals surface area contributed by atoms with E-state index in [2.05, 4.69) is 0 Å². The molecule has 0 aliphatic rings. The number of benzene rings is 2. The van der Waals surface area contributed by atoms with Gasteiger partial charge in [-0.05, 0) is 24.3 Å². The van der Waals surface area contributed by atoms with Crippen LogP contribution in [-0.2, 0) is 0 Å². The number of rotatable bonds is 2. The fourth-order valence-corrected chi connectivity index (χ4v) is 1.46. The van der Waals surface area contributed by atoms with E-state index < -0.39 is 34.7 Å². The number of amides is 1. The zero-order valence-corrected chi connectivity index (χ0v) is 9.38. The fourth-order valence-electron chi connectivity index (χ4n) is 1.46. The van der Waals surface area contributed by atoms with Crippen LogP contribution in [0.3, 0.4) is 0 Å². The first kappa shape index (κ1) is 13.1. The molecule has 2 nitrogen and oxygen atoms in total. The smallest absolute Gasteiger partial charge is 0.258 e. The van der Waals surface area contributed by atoms with Crippen LogP contribution in [0.2, 0.25) is 0 Å². The largest absolute Gasteiger partial charge is 0.319 e. The summed E-state index contributed by atoms with van der Waals surface area (Å²) in [4.78, 5) is 11.6. The van der Waals surface area contributed by atoms with Gasteiger partial charge in [-0.25, -0.2) is 17.6 Å². The second-order valence-corrected chi connectivity index (χ2v) is 3.68. The van der Waals surface area contributed by atoms with Crippen molar-refractivity contribution in [2.24, 2.45) is 0 Å². The van der Waals surface area contributed by atoms with Crippen LogP contribution in [-0.4, -0.2) is 5.91 Å². The van der Waals surface area contributed by atoms with Gasteiger partial charge in [0, 0.05) is 6.07 Å². The molecule has 0 aliphatic heterocycles. The molecule has 0 aromatic heterocycles. The maximum Gasteiger partial charge on any atom is 0.258 e. The van der Waals surface area contributed by atoms with Crippen LogP contribution in [0.4, 0.5) is 23.2 Å². The molecule has 0 radical (unpaired) electrons. The van der Waals surface area contributed by atoms with Gasteiger partial charge < -0.3 is 5.32 Å².